The number of carbonyl (C=O) groups is 1. The van der Waals surface area contributed by atoms with E-state index in [2.05, 4.69) is 10.1 Å². The molecular weight excluding hydrogens is 258 g/mol. The highest BCUT2D eigenvalue weighted by Crippen LogP contribution is 2.57. The first-order valence-electron chi connectivity index (χ1n) is 6.54. The molecule has 0 radical (unpaired) electrons. The first kappa shape index (κ1) is 11.5. The second-order valence-corrected chi connectivity index (χ2v) is 5.29. The number of pyridine rings is 1. The Morgan fingerprint density at radius 2 is 2.40 bits per heavy atom. The average molecular weight is 271 g/mol. The van der Waals surface area contributed by atoms with Crippen molar-refractivity contribution >= 4 is 5.97 Å². The second kappa shape index (κ2) is 3.82. The molecule has 2 aliphatic rings. The van der Waals surface area contributed by atoms with Gasteiger partial charge in [-0.05, 0) is 24.8 Å². The summed E-state index contributed by atoms with van der Waals surface area (Å²) in [6, 6.07) is 3.53. The van der Waals surface area contributed by atoms with E-state index in [1.807, 2.05) is 0 Å². The van der Waals surface area contributed by atoms with Crippen LogP contribution in [0.2, 0.25) is 0 Å². The third-order valence-corrected chi connectivity index (χ3v) is 4.14. The molecule has 0 spiro atoms. The van der Waals surface area contributed by atoms with Crippen LogP contribution >= 0.6 is 0 Å². The van der Waals surface area contributed by atoms with Gasteiger partial charge >= 0.3 is 5.97 Å². The van der Waals surface area contributed by atoms with Gasteiger partial charge in [0.1, 0.15) is 5.75 Å². The summed E-state index contributed by atoms with van der Waals surface area (Å²) in [5.41, 5.74) is 2.06. The number of rotatable bonds is 3. The number of fused-ring (bicyclic) bond motifs is 3. The van der Waals surface area contributed by atoms with Gasteiger partial charge < -0.3 is 9.84 Å². The Bertz CT molecular complexity index is 722. The monoisotopic (exact) mass is 271 g/mol. The highest BCUT2D eigenvalue weighted by molar-refractivity contribution is 5.88. The van der Waals surface area contributed by atoms with Crippen molar-refractivity contribution < 1.29 is 14.6 Å². The van der Waals surface area contributed by atoms with Crippen LogP contribution in [-0.2, 0) is 6.42 Å². The molecule has 4 rings (SSSR count). The van der Waals surface area contributed by atoms with Gasteiger partial charge in [-0.3, -0.25) is 0 Å². The van der Waals surface area contributed by atoms with E-state index in [0.29, 0.717) is 23.4 Å². The summed E-state index contributed by atoms with van der Waals surface area (Å²) in [7, 11) is 1.59. The van der Waals surface area contributed by atoms with E-state index in [0.717, 1.165) is 24.1 Å². The lowest BCUT2D eigenvalue weighted by atomic mass is 10.1. The van der Waals surface area contributed by atoms with Gasteiger partial charge in [-0.1, -0.05) is 0 Å². The van der Waals surface area contributed by atoms with E-state index in [1.165, 1.54) is 0 Å². The molecule has 1 N–H and O–H groups in total. The molecule has 1 saturated carbocycles. The summed E-state index contributed by atoms with van der Waals surface area (Å²) in [5.74, 6) is 1.36. The SMILES string of the molecule is COc1ccnc(-n2nc(C(=O)O)c3c2[C@@H]2C[C@@H]2C3)c1. The van der Waals surface area contributed by atoms with E-state index < -0.39 is 5.97 Å². The molecule has 2 aromatic heterocycles. The van der Waals surface area contributed by atoms with Crippen LogP contribution in [0, 0.1) is 5.92 Å². The minimum absolute atomic E-state index is 0.164. The molecule has 6 heteroatoms. The number of aromatic carboxylic acids is 1. The molecule has 1 fully saturated rings. The smallest absolute Gasteiger partial charge is 0.356 e. The normalized spacial score (nSPS) is 22.2. The first-order chi connectivity index (χ1) is 9.69. The van der Waals surface area contributed by atoms with Gasteiger partial charge in [-0.15, -0.1) is 0 Å². The van der Waals surface area contributed by atoms with Crippen molar-refractivity contribution in [2.24, 2.45) is 5.92 Å². The van der Waals surface area contributed by atoms with Crippen LogP contribution in [-0.4, -0.2) is 33.0 Å². The van der Waals surface area contributed by atoms with Crippen molar-refractivity contribution in [2.75, 3.05) is 7.11 Å². The van der Waals surface area contributed by atoms with Crippen LogP contribution in [0.5, 0.6) is 5.75 Å². The molecule has 0 aliphatic heterocycles. The highest BCUT2D eigenvalue weighted by Gasteiger charge is 2.50. The lowest BCUT2D eigenvalue weighted by Gasteiger charge is -2.06. The molecule has 0 amide bonds. The summed E-state index contributed by atoms with van der Waals surface area (Å²) in [5, 5.41) is 13.5. The van der Waals surface area contributed by atoms with E-state index in [1.54, 1.807) is 30.1 Å². The van der Waals surface area contributed by atoms with E-state index in [9.17, 15) is 9.90 Å². The maximum absolute atomic E-state index is 11.3. The number of nitrogens with zero attached hydrogens (tertiary/aromatic N) is 3. The zero-order valence-corrected chi connectivity index (χ0v) is 10.9. The van der Waals surface area contributed by atoms with E-state index >= 15 is 0 Å². The Hall–Kier alpha value is -2.37. The molecule has 2 atom stereocenters. The standard InChI is InChI=1S/C14H13N3O3/c1-20-8-2-3-15-11(6-8)17-13-9-4-7(9)5-10(13)12(16-17)14(18)19/h2-3,6-7,9H,4-5H2,1H3,(H,18,19)/t7-,9-/m1/s1. The maximum Gasteiger partial charge on any atom is 0.356 e. The van der Waals surface area contributed by atoms with Gasteiger partial charge in [0.25, 0.3) is 0 Å². The third-order valence-electron chi connectivity index (χ3n) is 4.14. The number of aromatic nitrogens is 3. The van der Waals surface area contributed by atoms with Crippen molar-refractivity contribution in [3.8, 4) is 11.6 Å². The number of ether oxygens (including phenoxy) is 1. The molecule has 20 heavy (non-hydrogen) atoms. The molecular formula is C14H13N3O3. The Morgan fingerprint density at radius 3 is 3.15 bits per heavy atom. The Balaban J connectivity index is 1.90. The average Bonchev–Trinajstić information content (AvgIpc) is 2.95. The van der Waals surface area contributed by atoms with Crippen molar-refractivity contribution in [3.05, 3.63) is 35.3 Å². The van der Waals surface area contributed by atoms with Gasteiger partial charge in [0.15, 0.2) is 11.5 Å². The van der Waals surface area contributed by atoms with Crippen LogP contribution in [0.15, 0.2) is 18.3 Å². The minimum Gasteiger partial charge on any atom is -0.497 e. The molecule has 0 aromatic carbocycles. The van der Waals surface area contributed by atoms with E-state index in [-0.39, 0.29) is 5.69 Å². The van der Waals surface area contributed by atoms with Gasteiger partial charge in [-0.25, -0.2) is 14.5 Å². The summed E-state index contributed by atoms with van der Waals surface area (Å²) >= 11 is 0. The zero-order valence-electron chi connectivity index (χ0n) is 10.9. The van der Waals surface area contributed by atoms with Gasteiger partial charge in [0.2, 0.25) is 0 Å². The molecule has 0 saturated heterocycles. The van der Waals surface area contributed by atoms with Crippen LogP contribution in [0.3, 0.4) is 0 Å². The van der Waals surface area contributed by atoms with Crippen LogP contribution < -0.4 is 4.74 Å². The van der Waals surface area contributed by atoms with E-state index in [4.69, 9.17) is 4.74 Å². The van der Waals surface area contributed by atoms with Crippen molar-refractivity contribution in [2.45, 2.75) is 18.8 Å². The van der Waals surface area contributed by atoms with Gasteiger partial charge in [-0.2, -0.15) is 5.10 Å². The third kappa shape index (κ3) is 1.47. The largest absolute Gasteiger partial charge is 0.497 e. The number of carboxylic acid groups (broad SMARTS) is 1. The second-order valence-electron chi connectivity index (χ2n) is 5.29. The highest BCUT2D eigenvalue weighted by atomic mass is 16.5. The summed E-state index contributed by atoms with van der Waals surface area (Å²) in [4.78, 5) is 15.6. The van der Waals surface area contributed by atoms with Crippen LogP contribution in [0.25, 0.3) is 5.82 Å². The molecule has 2 heterocycles. The molecule has 0 bridgehead atoms. The quantitative estimate of drug-likeness (QED) is 0.918. The minimum atomic E-state index is -0.968. The molecule has 2 aromatic rings. The number of hydrogen-bond donors (Lipinski definition) is 1. The number of hydrogen-bond acceptors (Lipinski definition) is 4. The zero-order chi connectivity index (χ0) is 13.9. The van der Waals surface area contributed by atoms with Crippen LogP contribution in [0.1, 0.15) is 34.1 Å². The van der Waals surface area contributed by atoms with Gasteiger partial charge in [0, 0.05) is 23.7 Å². The molecule has 6 nitrogen and oxygen atoms in total. The Kier molecular flexibility index (Phi) is 2.19. The van der Waals surface area contributed by atoms with Crippen molar-refractivity contribution in [1.29, 1.82) is 0 Å². The lowest BCUT2D eigenvalue weighted by Crippen LogP contribution is -2.06. The fourth-order valence-electron chi connectivity index (χ4n) is 3.10. The fraction of sp³-hybridized carbons (Fsp3) is 0.357. The Labute approximate surface area is 115 Å². The predicted octanol–water partition coefficient (Wildman–Crippen LogP) is 1.63. The molecule has 2 aliphatic carbocycles. The Morgan fingerprint density at radius 1 is 1.55 bits per heavy atom. The predicted molar refractivity (Wildman–Crippen MR) is 69.4 cm³/mol. The number of carboxylic acids is 1. The summed E-state index contributed by atoms with van der Waals surface area (Å²) in [6.45, 7) is 0. The van der Waals surface area contributed by atoms with Crippen molar-refractivity contribution in [3.63, 3.8) is 0 Å². The van der Waals surface area contributed by atoms with Crippen molar-refractivity contribution in [1.82, 2.24) is 14.8 Å². The van der Waals surface area contributed by atoms with Gasteiger partial charge in [0.05, 0.1) is 12.8 Å². The first-order valence-corrected chi connectivity index (χ1v) is 6.54. The fourth-order valence-corrected chi connectivity index (χ4v) is 3.10. The van der Waals surface area contributed by atoms with Crippen LogP contribution in [0.4, 0.5) is 0 Å². The maximum atomic E-state index is 11.3. The number of methoxy groups -OCH3 is 1. The molecule has 102 valence electrons. The summed E-state index contributed by atoms with van der Waals surface area (Å²) < 4.78 is 6.87. The summed E-state index contributed by atoms with van der Waals surface area (Å²) in [6.07, 6.45) is 3.59. The topological polar surface area (TPSA) is 77.2 Å². The lowest BCUT2D eigenvalue weighted by molar-refractivity contribution is 0.0688. The molecule has 0 unspecified atom stereocenters.